The normalized spacial score (nSPS) is 12.6. The summed E-state index contributed by atoms with van der Waals surface area (Å²) in [6, 6.07) is 0. The van der Waals surface area contributed by atoms with E-state index >= 15 is 0 Å². The van der Waals surface area contributed by atoms with Gasteiger partial charge in [0, 0.05) is 13.5 Å². The molecule has 0 amide bonds. The molecule has 0 spiro atoms. The zero-order valence-electron chi connectivity index (χ0n) is 7.42. The molecule has 1 unspecified atom stereocenters. The number of hydrogen-bond donors (Lipinski definition) is 0. The van der Waals surface area contributed by atoms with Crippen LogP contribution in [-0.2, 0) is 14.3 Å². The Morgan fingerprint density at radius 2 is 2.18 bits per heavy atom. The van der Waals surface area contributed by atoms with Gasteiger partial charge in [0.15, 0.2) is 0 Å². The highest BCUT2D eigenvalue weighted by atomic mass is 16.6. The summed E-state index contributed by atoms with van der Waals surface area (Å²) in [5.41, 5.74) is 0. The van der Waals surface area contributed by atoms with Gasteiger partial charge in [-0.15, -0.1) is 0 Å². The van der Waals surface area contributed by atoms with Crippen LogP contribution in [0.25, 0.3) is 0 Å². The Morgan fingerprint density at radius 3 is 2.64 bits per heavy atom. The summed E-state index contributed by atoms with van der Waals surface area (Å²) in [6.45, 7) is 6.48. The molecule has 3 heteroatoms. The third-order valence-corrected chi connectivity index (χ3v) is 1.07. The molecule has 0 aliphatic heterocycles. The Labute approximate surface area is 67.7 Å². The van der Waals surface area contributed by atoms with Crippen LogP contribution in [0.5, 0.6) is 0 Å². The topological polar surface area (TPSA) is 35.5 Å². The summed E-state index contributed by atoms with van der Waals surface area (Å²) in [7, 11) is 0. The van der Waals surface area contributed by atoms with Crippen molar-refractivity contribution < 1.29 is 14.3 Å². The minimum Gasteiger partial charge on any atom is -0.460 e. The van der Waals surface area contributed by atoms with Gasteiger partial charge >= 0.3 is 5.97 Å². The van der Waals surface area contributed by atoms with E-state index in [-0.39, 0.29) is 12.1 Å². The lowest BCUT2D eigenvalue weighted by Crippen LogP contribution is -2.18. The van der Waals surface area contributed by atoms with Gasteiger partial charge in [0.25, 0.3) is 0 Å². The molecule has 0 bridgehead atoms. The van der Waals surface area contributed by atoms with Crippen molar-refractivity contribution in [3.8, 4) is 0 Å². The standard InChI is InChI=1S/C8H16O3/c1-4-5-10-6-7(2)11-8(3)9/h7H,4-6H2,1-3H3. The Kier molecular flexibility index (Phi) is 5.84. The molecule has 0 aromatic carbocycles. The molecule has 0 aliphatic carbocycles. The zero-order chi connectivity index (χ0) is 8.69. The molecule has 66 valence electrons. The van der Waals surface area contributed by atoms with E-state index in [9.17, 15) is 4.79 Å². The lowest BCUT2D eigenvalue weighted by Gasteiger charge is -2.11. The summed E-state index contributed by atoms with van der Waals surface area (Å²) in [5, 5.41) is 0. The van der Waals surface area contributed by atoms with Crippen molar-refractivity contribution in [1.29, 1.82) is 0 Å². The first-order chi connectivity index (χ1) is 5.16. The number of carbonyl (C=O) groups is 1. The van der Waals surface area contributed by atoms with Gasteiger partial charge in [-0.25, -0.2) is 0 Å². The molecule has 0 aromatic rings. The van der Waals surface area contributed by atoms with E-state index in [1.54, 1.807) is 0 Å². The molecule has 0 aliphatic rings. The second kappa shape index (κ2) is 6.16. The van der Waals surface area contributed by atoms with Gasteiger partial charge < -0.3 is 9.47 Å². The van der Waals surface area contributed by atoms with Crippen LogP contribution < -0.4 is 0 Å². The maximum Gasteiger partial charge on any atom is 0.302 e. The van der Waals surface area contributed by atoms with Crippen LogP contribution in [0.1, 0.15) is 27.2 Å². The maximum absolute atomic E-state index is 10.4. The summed E-state index contributed by atoms with van der Waals surface area (Å²) in [4.78, 5) is 10.4. The predicted octanol–water partition coefficient (Wildman–Crippen LogP) is 1.36. The van der Waals surface area contributed by atoms with Crippen LogP contribution >= 0.6 is 0 Å². The van der Waals surface area contributed by atoms with Crippen LogP contribution in [0.3, 0.4) is 0 Å². The average molecular weight is 160 g/mol. The molecule has 0 N–H and O–H groups in total. The molecule has 0 aromatic heterocycles. The van der Waals surface area contributed by atoms with Crippen molar-refractivity contribution in [3.63, 3.8) is 0 Å². The van der Waals surface area contributed by atoms with E-state index in [4.69, 9.17) is 9.47 Å². The van der Waals surface area contributed by atoms with Gasteiger partial charge in [0.2, 0.25) is 0 Å². The minimum absolute atomic E-state index is 0.126. The smallest absolute Gasteiger partial charge is 0.302 e. The zero-order valence-corrected chi connectivity index (χ0v) is 7.42. The predicted molar refractivity (Wildman–Crippen MR) is 42.3 cm³/mol. The molecule has 0 saturated carbocycles. The molecule has 0 fully saturated rings. The number of esters is 1. The second-order valence-corrected chi connectivity index (χ2v) is 2.49. The second-order valence-electron chi connectivity index (χ2n) is 2.49. The first kappa shape index (κ1) is 10.4. The fourth-order valence-electron chi connectivity index (χ4n) is 0.711. The van der Waals surface area contributed by atoms with Crippen LogP contribution in [-0.4, -0.2) is 25.3 Å². The Hall–Kier alpha value is -0.570. The summed E-state index contributed by atoms with van der Waals surface area (Å²) >= 11 is 0. The van der Waals surface area contributed by atoms with E-state index in [1.807, 2.05) is 13.8 Å². The third-order valence-electron chi connectivity index (χ3n) is 1.07. The largest absolute Gasteiger partial charge is 0.460 e. The summed E-state index contributed by atoms with van der Waals surface area (Å²) in [5.74, 6) is -0.252. The van der Waals surface area contributed by atoms with Crippen LogP contribution in [0, 0.1) is 0 Å². The fraction of sp³-hybridized carbons (Fsp3) is 0.875. The Morgan fingerprint density at radius 1 is 1.55 bits per heavy atom. The van der Waals surface area contributed by atoms with Crippen molar-refractivity contribution in [2.75, 3.05) is 13.2 Å². The highest BCUT2D eigenvalue weighted by molar-refractivity contribution is 5.66. The van der Waals surface area contributed by atoms with Gasteiger partial charge in [0.1, 0.15) is 6.10 Å². The average Bonchev–Trinajstić information content (AvgIpc) is 1.86. The molecule has 0 radical (unpaired) electrons. The maximum atomic E-state index is 10.4. The Balaban J connectivity index is 3.22. The van der Waals surface area contributed by atoms with E-state index in [1.165, 1.54) is 6.92 Å². The SMILES string of the molecule is CCCOCC(C)OC(C)=O. The Bertz CT molecular complexity index is 112. The molecule has 0 saturated heterocycles. The quantitative estimate of drug-likeness (QED) is 0.450. The number of hydrogen-bond acceptors (Lipinski definition) is 3. The van der Waals surface area contributed by atoms with Gasteiger partial charge in [-0.05, 0) is 13.3 Å². The van der Waals surface area contributed by atoms with Crippen LogP contribution in [0.2, 0.25) is 0 Å². The monoisotopic (exact) mass is 160 g/mol. The van der Waals surface area contributed by atoms with Crippen molar-refractivity contribution in [2.24, 2.45) is 0 Å². The van der Waals surface area contributed by atoms with Crippen molar-refractivity contribution >= 4 is 5.97 Å². The van der Waals surface area contributed by atoms with E-state index in [0.717, 1.165) is 13.0 Å². The third kappa shape index (κ3) is 7.33. The minimum atomic E-state index is -0.252. The molecule has 3 nitrogen and oxygen atoms in total. The molecule has 0 rings (SSSR count). The number of ether oxygens (including phenoxy) is 2. The summed E-state index contributed by atoms with van der Waals surface area (Å²) in [6.07, 6.45) is 0.867. The summed E-state index contributed by atoms with van der Waals surface area (Å²) < 4.78 is 10.0. The van der Waals surface area contributed by atoms with Gasteiger partial charge in [-0.3, -0.25) is 4.79 Å². The number of carbonyl (C=O) groups excluding carboxylic acids is 1. The first-order valence-corrected chi connectivity index (χ1v) is 3.91. The van der Waals surface area contributed by atoms with E-state index in [2.05, 4.69) is 0 Å². The van der Waals surface area contributed by atoms with E-state index < -0.39 is 0 Å². The lowest BCUT2D eigenvalue weighted by molar-refractivity contribution is -0.148. The first-order valence-electron chi connectivity index (χ1n) is 3.91. The van der Waals surface area contributed by atoms with Gasteiger partial charge in [-0.1, -0.05) is 6.92 Å². The van der Waals surface area contributed by atoms with Crippen molar-refractivity contribution in [2.45, 2.75) is 33.3 Å². The highest BCUT2D eigenvalue weighted by Gasteiger charge is 2.03. The molecular formula is C8H16O3. The molecule has 11 heavy (non-hydrogen) atoms. The molecule has 1 atom stereocenters. The van der Waals surface area contributed by atoms with E-state index in [0.29, 0.717) is 6.61 Å². The van der Waals surface area contributed by atoms with Gasteiger partial charge in [-0.2, -0.15) is 0 Å². The lowest BCUT2D eigenvalue weighted by atomic mass is 10.4. The van der Waals surface area contributed by atoms with Crippen LogP contribution in [0.4, 0.5) is 0 Å². The highest BCUT2D eigenvalue weighted by Crippen LogP contribution is 1.92. The van der Waals surface area contributed by atoms with Crippen LogP contribution in [0.15, 0.2) is 0 Å². The molecule has 0 heterocycles. The molecular weight excluding hydrogens is 144 g/mol. The van der Waals surface area contributed by atoms with Gasteiger partial charge in [0.05, 0.1) is 6.61 Å². The van der Waals surface area contributed by atoms with Crippen molar-refractivity contribution in [1.82, 2.24) is 0 Å². The van der Waals surface area contributed by atoms with Crippen molar-refractivity contribution in [3.05, 3.63) is 0 Å². The fourth-order valence-corrected chi connectivity index (χ4v) is 0.711. The number of rotatable bonds is 5.